The Balaban J connectivity index is 2.94. The quantitative estimate of drug-likeness (QED) is 0.703. The number of aryl methyl sites for hydroxylation is 2. The van der Waals surface area contributed by atoms with E-state index in [1.54, 1.807) is 19.3 Å². The number of hydrogen-bond acceptors (Lipinski definition) is 3. The van der Waals surface area contributed by atoms with Crippen molar-refractivity contribution in [1.82, 2.24) is 0 Å². The molecule has 0 aliphatic rings. The Hall–Kier alpha value is -1.77. The smallest absolute Gasteiger partial charge is 0.153 e. The van der Waals surface area contributed by atoms with E-state index in [0.717, 1.165) is 10.9 Å². The highest BCUT2D eigenvalue weighted by molar-refractivity contribution is 5.93. The number of furan rings is 1. The number of benzene rings is 1. The first-order valence-corrected chi connectivity index (χ1v) is 4.30. The molecule has 0 aliphatic carbocycles. The van der Waals surface area contributed by atoms with Gasteiger partial charge in [0.25, 0.3) is 0 Å². The number of carbonyl (C=O) groups is 1. The second-order valence-corrected chi connectivity index (χ2v) is 3.35. The summed E-state index contributed by atoms with van der Waals surface area (Å²) >= 11 is 0. The summed E-state index contributed by atoms with van der Waals surface area (Å²) in [6.45, 7) is 3.63. The van der Waals surface area contributed by atoms with Gasteiger partial charge in [0.15, 0.2) is 6.29 Å². The lowest BCUT2D eigenvalue weighted by molar-refractivity contribution is 0.112. The second kappa shape index (κ2) is 2.87. The predicted octanol–water partition coefficient (Wildman–Crippen LogP) is 2.57. The van der Waals surface area contributed by atoms with Crippen LogP contribution in [0.3, 0.4) is 0 Å². The molecule has 1 N–H and O–H groups in total. The van der Waals surface area contributed by atoms with Crippen LogP contribution in [0.2, 0.25) is 0 Å². The third-order valence-corrected chi connectivity index (χ3v) is 2.42. The highest BCUT2D eigenvalue weighted by Crippen LogP contribution is 2.32. The lowest BCUT2D eigenvalue weighted by Crippen LogP contribution is -1.86. The Labute approximate surface area is 81.0 Å². The van der Waals surface area contributed by atoms with Crippen molar-refractivity contribution in [2.45, 2.75) is 13.8 Å². The fourth-order valence-corrected chi connectivity index (χ4v) is 1.56. The molecule has 1 aromatic heterocycles. The van der Waals surface area contributed by atoms with E-state index in [1.165, 1.54) is 0 Å². The third-order valence-electron chi connectivity index (χ3n) is 2.42. The average molecular weight is 190 g/mol. The first-order valence-electron chi connectivity index (χ1n) is 4.30. The van der Waals surface area contributed by atoms with Crippen molar-refractivity contribution in [2.75, 3.05) is 0 Å². The van der Waals surface area contributed by atoms with Crippen molar-refractivity contribution in [3.05, 3.63) is 29.0 Å². The maximum atomic E-state index is 10.7. The van der Waals surface area contributed by atoms with Crippen molar-refractivity contribution in [3.8, 4) is 5.75 Å². The molecule has 0 spiro atoms. The molecule has 3 heteroatoms. The van der Waals surface area contributed by atoms with E-state index in [9.17, 15) is 9.90 Å². The molecule has 72 valence electrons. The number of fused-ring (bicyclic) bond motifs is 1. The summed E-state index contributed by atoms with van der Waals surface area (Å²) in [4.78, 5) is 10.7. The highest BCUT2D eigenvalue weighted by atomic mass is 16.3. The normalized spacial score (nSPS) is 10.7. The van der Waals surface area contributed by atoms with Crippen LogP contribution in [0.15, 0.2) is 16.7 Å². The number of rotatable bonds is 1. The highest BCUT2D eigenvalue weighted by Gasteiger charge is 2.12. The number of hydrogen-bond donors (Lipinski definition) is 1. The summed E-state index contributed by atoms with van der Waals surface area (Å²) in [5.41, 5.74) is 2.52. The van der Waals surface area contributed by atoms with Gasteiger partial charge in [0.05, 0.1) is 11.8 Å². The van der Waals surface area contributed by atoms with Gasteiger partial charge >= 0.3 is 0 Å². The topological polar surface area (TPSA) is 50.4 Å². The zero-order chi connectivity index (χ0) is 10.3. The van der Waals surface area contributed by atoms with Gasteiger partial charge in [-0.3, -0.25) is 4.79 Å². The molecule has 0 fully saturated rings. The van der Waals surface area contributed by atoms with E-state index in [0.29, 0.717) is 23.0 Å². The molecule has 0 saturated heterocycles. The molecule has 2 aromatic rings. The maximum absolute atomic E-state index is 10.7. The van der Waals surface area contributed by atoms with Gasteiger partial charge in [0.1, 0.15) is 11.3 Å². The van der Waals surface area contributed by atoms with Crippen LogP contribution in [0, 0.1) is 13.8 Å². The monoisotopic (exact) mass is 190 g/mol. The van der Waals surface area contributed by atoms with Crippen molar-refractivity contribution >= 4 is 17.3 Å². The number of phenols is 1. The van der Waals surface area contributed by atoms with E-state index in [1.807, 2.05) is 6.92 Å². The van der Waals surface area contributed by atoms with Crippen LogP contribution in [0.1, 0.15) is 21.5 Å². The molecule has 0 saturated carbocycles. The summed E-state index contributed by atoms with van der Waals surface area (Å²) in [5, 5.41) is 10.5. The van der Waals surface area contributed by atoms with Crippen molar-refractivity contribution in [2.24, 2.45) is 0 Å². The summed E-state index contributed by atoms with van der Waals surface area (Å²) in [6, 6.07) is 1.64. The standard InChI is InChI=1S/C11H10O3/c1-6-5-14-11-7(2)10(13)8(4-12)3-9(6)11/h3-5,13H,1-2H3. The summed E-state index contributed by atoms with van der Waals surface area (Å²) in [5.74, 6) is 0.00171. The van der Waals surface area contributed by atoms with E-state index in [4.69, 9.17) is 4.42 Å². The Morgan fingerprint density at radius 3 is 2.79 bits per heavy atom. The number of aromatic hydroxyl groups is 1. The molecular weight excluding hydrogens is 180 g/mol. The van der Waals surface area contributed by atoms with E-state index < -0.39 is 0 Å². The van der Waals surface area contributed by atoms with Gasteiger partial charge in [-0.15, -0.1) is 0 Å². The maximum Gasteiger partial charge on any atom is 0.153 e. The molecule has 0 unspecified atom stereocenters. The third kappa shape index (κ3) is 1.02. The Morgan fingerprint density at radius 1 is 1.43 bits per heavy atom. The molecular formula is C11H10O3. The van der Waals surface area contributed by atoms with E-state index in [2.05, 4.69) is 0 Å². The largest absolute Gasteiger partial charge is 0.507 e. The van der Waals surface area contributed by atoms with Gasteiger partial charge < -0.3 is 9.52 Å². The van der Waals surface area contributed by atoms with Crippen LogP contribution in [-0.4, -0.2) is 11.4 Å². The Bertz CT molecular complexity index is 509. The average Bonchev–Trinajstić information content (AvgIpc) is 2.54. The van der Waals surface area contributed by atoms with Crippen LogP contribution in [0.5, 0.6) is 5.75 Å². The second-order valence-electron chi connectivity index (χ2n) is 3.35. The van der Waals surface area contributed by atoms with Gasteiger partial charge in [0.2, 0.25) is 0 Å². The van der Waals surface area contributed by atoms with Gasteiger partial charge in [-0.1, -0.05) is 0 Å². The minimum absolute atomic E-state index is 0.00171. The van der Waals surface area contributed by atoms with Crippen molar-refractivity contribution in [3.63, 3.8) is 0 Å². The molecule has 2 rings (SSSR count). The fourth-order valence-electron chi connectivity index (χ4n) is 1.56. The summed E-state index contributed by atoms with van der Waals surface area (Å²) in [6.07, 6.45) is 2.26. The molecule has 0 aliphatic heterocycles. The predicted molar refractivity (Wildman–Crippen MR) is 52.7 cm³/mol. The Morgan fingerprint density at radius 2 is 2.14 bits per heavy atom. The minimum Gasteiger partial charge on any atom is -0.507 e. The van der Waals surface area contributed by atoms with Crippen molar-refractivity contribution < 1.29 is 14.3 Å². The fraction of sp³-hybridized carbons (Fsp3) is 0.182. The first kappa shape index (κ1) is 8.81. The van der Waals surface area contributed by atoms with Crippen LogP contribution in [0.25, 0.3) is 11.0 Å². The van der Waals surface area contributed by atoms with E-state index in [-0.39, 0.29) is 5.75 Å². The van der Waals surface area contributed by atoms with Crippen molar-refractivity contribution in [1.29, 1.82) is 0 Å². The number of aldehydes is 1. The molecule has 0 radical (unpaired) electrons. The van der Waals surface area contributed by atoms with Crippen LogP contribution in [-0.2, 0) is 0 Å². The van der Waals surface area contributed by atoms with Gasteiger partial charge in [0, 0.05) is 10.9 Å². The summed E-state index contributed by atoms with van der Waals surface area (Å²) < 4.78 is 5.28. The molecule has 0 amide bonds. The zero-order valence-corrected chi connectivity index (χ0v) is 8.00. The van der Waals surface area contributed by atoms with Crippen LogP contribution >= 0.6 is 0 Å². The molecule has 1 aromatic carbocycles. The minimum atomic E-state index is 0.00171. The Kier molecular flexibility index (Phi) is 1.81. The van der Waals surface area contributed by atoms with Gasteiger partial charge in [-0.2, -0.15) is 0 Å². The van der Waals surface area contributed by atoms with Gasteiger partial charge in [-0.25, -0.2) is 0 Å². The number of carbonyl (C=O) groups excluding carboxylic acids is 1. The van der Waals surface area contributed by atoms with Crippen LogP contribution < -0.4 is 0 Å². The molecule has 1 heterocycles. The zero-order valence-electron chi connectivity index (χ0n) is 8.00. The lowest BCUT2D eigenvalue weighted by atomic mass is 10.1. The molecule has 14 heavy (non-hydrogen) atoms. The SMILES string of the molecule is Cc1coc2c(C)c(O)c(C=O)cc12. The first-order chi connectivity index (χ1) is 6.65. The molecule has 0 bridgehead atoms. The molecule has 0 atom stereocenters. The van der Waals surface area contributed by atoms with E-state index >= 15 is 0 Å². The molecule has 3 nitrogen and oxygen atoms in total. The number of phenolic OH excluding ortho intramolecular Hbond substituents is 1. The summed E-state index contributed by atoms with van der Waals surface area (Å²) in [7, 11) is 0. The van der Waals surface area contributed by atoms with Crippen LogP contribution in [0.4, 0.5) is 0 Å². The lowest BCUT2D eigenvalue weighted by Gasteiger charge is -2.02. The van der Waals surface area contributed by atoms with Gasteiger partial charge in [-0.05, 0) is 25.5 Å².